The molecule has 1 amide bonds. The molecule has 0 atom stereocenters. The zero-order valence-electron chi connectivity index (χ0n) is 13.8. The van der Waals surface area contributed by atoms with Crippen molar-refractivity contribution in [3.63, 3.8) is 0 Å². The van der Waals surface area contributed by atoms with Gasteiger partial charge < -0.3 is 5.32 Å². The molecule has 0 fully saturated rings. The summed E-state index contributed by atoms with van der Waals surface area (Å²) in [7, 11) is -3.53. The molecule has 0 aliphatic rings. The van der Waals surface area contributed by atoms with E-state index in [2.05, 4.69) is 5.32 Å². The van der Waals surface area contributed by atoms with Gasteiger partial charge in [-0.2, -0.15) is 4.31 Å². The first-order valence-corrected chi connectivity index (χ1v) is 8.73. The van der Waals surface area contributed by atoms with Gasteiger partial charge in [0.1, 0.15) is 0 Å². The molecule has 0 aliphatic heterocycles. The summed E-state index contributed by atoms with van der Waals surface area (Å²) in [6, 6.07) is 4.79. The third-order valence-electron chi connectivity index (χ3n) is 3.23. The number of hydrogen-bond donors (Lipinski definition) is 1. The molecule has 0 saturated carbocycles. The summed E-state index contributed by atoms with van der Waals surface area (Å²) in [4.78, 5) is 12.0. The highest BCUT2D eigenvalue weighted by Gasteiger charge is 2.22. The molecule has 1 N–H and O–H groups in total. The van der Waals surface area contributed by atoms with Gasteiger partial charge in [0, 0.05) is 24.9 Å². The molecule has 0 bridgehead atoms. The van der Waals surface area contributed by atoms with Crippen LogP contribution >= 0.6 is 0 Å². The van der Waals surface area contributed by atoms with Gasteiger partial charge >= 0.3 is 0 Å². The van der Waals surface area contributed by atoms with E-state index in [0.717, 1.165) is 11.1 Å². The monoisotopic (exact) mass is 324 g/mol. The molecule has 0 aromatic heterocycles. The number of carbonyl (C=O) groups is 1. The molecule has 0 unspecified atom stereocenters. The van der Waals surface area contributed by atoms with E-state index in [0.29, 0.717) is 18.8 Å². The van der Waals surface area contributed by atoms with Crippen molar-refractivity contribution in [1.29, 1.82) is 0 Å². The lowest BCUT2D eigenvalue weighted by atomic mass is 10.2. The highest BCUT2D eigenvalue weighted by atomic mass is 32.2. The first-order chi connectivity index (χ1) is 10.2. The number of allylic oxidation sites excluding steroid dienone is 1. The Balaban J connectivity index is 3.20. The Morgan fingerprint density at radius 1 is 1.23 bits per heavy atom. The van der Waals surface area contributed by atoms with Crippen molar-refractivity contribution in [2.75, 3.05) is 18.4 Å². The molecule has 5 nitrogen and oxygen atoms in total. The maximum atomic E-state index is 12.5. The Kier molecular flexibility index (Phi) is 6.32. The topological polar surface area (TPSA) is 66.5 Å². The molecule has 1 rings (SSSR count). The maximum absolute atomic E-state index is 12.5. The Labute approximate surface area is 133 Å². The summed E-state index contributed by atoms with van der Waals surface area (Å²) in [5.41, 5.74) is 2.20. The second-order valence-corrected chi connectivity index (χ2v) is 7.21. The third-order valence-corrected chi connectivity index (χ3v) is 5.28. The van der Waals surface area contributed by atoms with Crippen molar-refractivity contribution < 1.29 is 13.2 Å². The van der Waals surface area contributed by atoms with E-state index in [1.807, 2.05) is 20.8 Å². The van der Waals surface area contributed by atoms with Crippen LogP contribution in [0.2, 0.25) is 0 Å². The number of rotatable bonds is 6. The molecule has 22 heavy (non-hydrogen) atoms. The first-order valence-electron chi connectivity index (χ1n) is 7.29. The van der Waals surface area contributed by atoms with Gasteiger partial charge in [0.05, 0.1) is 4.90 Å². The summed E-state index contributed by atoms with van der Waals surface area (Å²) in [6.07, 6.45) is 1.48. The van der Waals surface area contributed by atoms with Crippen molar-refractivity contribution in [2.24, 2.45) is 0 Å². The Morgan fingerprint density at radius 3 is 2.32 bits per heavy atom. The third kappa shape index (κ3) is 4.42. The highest BCUT2D eigenvalue weighted by Crippen LogP contribution is 2.23. The fourth-order valence-electron chi connectivity index (χ4n) is 2.04. The number of carbonyl (C=O) groups excluding carboxylic acids is 1. The average molecular weight is 324 g/mol. The van der Waals surface area contributed by atoms with Gasteiger partial charge in [-0.15, -0.1) is 0 Å². The summed E-state index contributed by atoms with van der Waals surface area (Å²) in [5.74, 6) is -0.263. The number of anilines is 1. The molecule has 0 heterocycles. The molecule has 0 radical (unpaired) electrons. The van der Waals surface area contributed by atoms with Crippen LogP contribution in [0.5, 0.6) is 0 Å². The van der Waals surface area contributed by atoms with E-state index >= 15 is 0 Å². The van der Waals surface area contributed by atoms with Crippen molar-refractivity contribution in [2.45, 2.75) is 39.5 Å². The smallest absolute Gasteiger partial charge is 0.248 e. The summed E-state index contributed by atoms with van der Waals surface area (Å²) >= 11 is 0. The molecule has 122 valence electrons. The second kappa shape index (κ2) is 7.56. The highest BCUT2D eigenvalue weighted by molar-refractivity contribution is 7.89. The molecule has 0 saturated heterocycles. The molecular weight excluding hydrogens is 300 g/mol. The molecule has 1 aromatic rings. The SMILES string of the molecule is CCN(CC)S(=O)(=O)c1ccc(C)c(NC(=O)C=C(C)C)c1. The normalized spacial score (nSPS) is 11.4. The van der Waals surface area contributed by atoms with Crippen molar-refractivity contribution in [1.82, 2.24) is 4.31 Å². The lowest BCUT2D eigenvalue weighted by molar-refractivity contribution is -0.112. The summed E-state index contributed by atoms with van der Waals surface area (Å²) < 4.78 is 26.4. The zero-order chi connectivity index (χ0) is 16.9. The number of aryl methyl sites for hydroxylation is 1. The van der Waals surface area contributed by atoms with E-state index in [4.69, 9.17) is 0 Å². The number of benzene rings is 1. The lowest BCUT2D eigenvalue weighted by Gasteiger charge is -2.19. The fourth-order valence-corrected chi connectivity index (χ4v) is 3.52. The molecular formula is C16H24N2O3S. The predicted octanol–water partition coefficient (Wildman–Crippen LogP) is 2.93. The van der Waals surface area contributed by atoms with Gasteiger partial charge in [0.15, 0.2) is 0 Å². The van der Waals surface area contributed by atoms with E-state index < -0.39 is 10.0 Å². The fraction of sp³-hybridized carbons (Fsp3) is 0.438. The van der Waals surface area contributed by atoms with Gasteiger partial charge in [0.2, 0.25) is 15.9 Å². The Morgan fingerprint density at radius 2 is 1.82 bits per heavy atom. The summed E-state index contributed by atoms with van der Waals surface area (Å²) in [6.45, 7) is 9.89. The zero-order valence-corrected chi connectivity index (χ0v) is 14.6. The molecule has 0 spiro atoms. The van der Waals surface area contributed by atoms with Gasteiger partial charge in [-0.05, 0) is 38.5 Å². The van der Waals surface area contributed by atoms with Crippen LogP contribution in [-0.4, -0.2) is 31.7 Å². The molecule has 6 heteroatoms. The van der Waals surface area contributed by atoms with Crippen LogP contribution in [0.3, 0.4) is 0 Å². The minimum atomic E-state index is -3.53. The van der Waals surface area contributed by atoms with Gasteiger partial charge in [0.25, 0.3) is 0 Å². The van der Waals surface area contributed by atoms with Gasteiger partial charge in [-0.3, -0.25) is 4.79 Å². The van der Waals surface area contributed by atoms with Crippen LogP contribution in [0.15, 0.2) is 34.7 Å². The number of hydrogen-bond acceptors (Lipinski definition) is 3. The van der Waals surface area contributed by atoms with E-state index in [-0.39, 0.29) is 10.8 Å². The van der Waals surface area contributed by atoms with Crippen LogP contribution in [0.1, 0.15) is 33.3 Å². The lowest BCUT2D eigenvalue weighted by Crippen LogP contribution is -2.30. The van der Waals surface area contributed by atoms with E-state index in [9.17, 15) is 13.2 Å². The van der Waals surface area contributed by atoms with Crippen molar-refractivity contribution in [3.05, 3.63) is 35.4 Å². The minimum Gasteiger partial charge on any atom is -0.322 e. The molecule has 1 aromatic carbocycles. The average Bonchev–Trinajstić information content (AvgIpc) is 2.41. The van der Waals surface area contributed by atoms with Crippen LogP contribution in [0.25, 0.3) is 0 Å². The van der Waals surface area contributed by atoms with Crippen LogP contribution < -0.4 is 5.32 Å². The number of nitrogens with one attached hydrogen (secondary N) is 1. The Hall–Kier alpha value is -1.66. The van der Waals surface area contributed by atoms with E-state index in [1.165, 1.54) is 16.4 Å². The number of sulfonamides is 1. The maximum Gasteiger partial charge on any atom is 0.248 e. The molecule has 0 aliphatic carbocycles. The first kappa shape index (κ1) is 18.4. The number of amides is 1. The summed E-state index contributed by atoms with van der Waals surface area (Å²) in [5, 5.41) is 2.73. The van der Waals surface area contributed by atoms with E-state index in [1.54, 1.807) is 26.0 Å². The predicted molar refractivity (Wildman–Crippen MR) is 89.3 cm³/mol. The van der Waals surface area contributed by atoms with Crippen molar-refractivity contribution >= 4 is 21.6 Å². The number of nitrogens with zero attached hydrogens (tertiary/aromatic N) is 1. The van der Waals surface area contributed by atoms with Gasteiger partial charge in [-0.1, -0.05) is 25.5 Å². The standard InChI is InChI=1S/C16H24N2O3S/c1-6-18(7-2)22(20,21)14-9-8-13(5)15(11-14)17-16(19)10-12(3)4/h8-11H,6-7H2,1-5H3,(H,17,19). The van der Waals surface area contributed by atoms with Crippen LogP contribution in [-0.2, 0) is 14.8 Å². The Bertz CT molecular complexity index is 671. The van der Waals surface area contributed by atoms with Crippen LogP contribution in [0, 0.1) is 6.92 Å². The quantitative estimate of drug-likeness (QED) is 0.818. The largest absolute Gasteiger partial charge is 0.322 e. The van der Waals surface area contributed by atoms with Gasteiger partial charge in [-0.25, -0.2) is 8.42 Å². The second-order valence-electron chi connectivity index (χ2n) is 5.28. The van der Waals surface area contributed by atoms with Crippen molar-refractivity contribution in [3.8, 4) is 0 Å². The minimum absolute atomic E-state index is 0.189. The van der Waals surface area contributed by atoms with Crippen LogP contribution in [0.4, 0.5) is 5.69 Å².